The van der Waals surface area contributed by atoms with Crippen molar-refractivity contribution in [3.63, 3.8) is 0 Å². The lowest BCUT2D eigenvalue weighted by molar-refractivity contribution is 1.15. The lowest BCUT2D eigenvalue weighted by Gasteiger charge is -2.04. The van der Waals surface area contributed by atoms with Gasteiger partial charge in [-0.3, -0.25) is 0 Å². The van der Waals surface area contributed by atoms with Crippen LogP contribution in [0.25, 0.3) is 0 Å². The van der Waals surface area contributed by atoms with Crippen LogP contribution in [0.1, 0.15) is 18.4 Å². The van der Waals surface area contributed by atoms with Crippen LogP contribution < -0.4 is 5.32 Å². The Kier molecular flexibility index (Phi) is 2.24. The minimum atomic E-state index is 0.626. The largest absolute Gasteiger partial charge is 0.382 e. The molecule has 0 aromatic heterocycles. The van der Waals surface area contributed by atoms with Gasteiger partial charge in [0.15, 0.2) is 0 Å². The summed E-state index contributed by atoms with van der Waals surface area (Å²) in [6.07, 6.45) is 2.49. The monoisotopic (exact) mass is 236 g/mol. The minimum Gasteiger partial charge on any atom is -0.382 e. The first-order valence-electron chi connectivity index (χ1n) is 4.25. The van der Waals surface area contributed by atoms with Gasteiger partial charge in [0.1, 0.15) is 0 Å². The second-order valence-electron chi connectivity index (χ2n) is 3.26. The Balaban J connectivity index is 2.24. The molecule has 1 saturated carbocycles. The van der Waals surface area contributed by atoms with E-state index in [1.807, 2.05) is 18.2 Å². The molecule has 0 saturated heterocycles. The van der Waals surface area contributed by atoms with Crippen molar-refractivity contribution in [2.45, 2.75) is 18.9 Å². The molecule has 0 radical (unpaired) electrons. The molecule has 0 amide bonds. The number of anilines is 1. The molecule has 0 aliphatic heterocycles. The van der Waals surface area contributed by atoms with Gasteiger partial charge >= 0.3 is 0 Å². The number of nitrogens with one attached hydrogen (secondary N) is 1. The van der Waals surface area contributed by atoms with Crippen molar-refractivity contribution in [2.24, 2.45) is 0 Å². The molecule has 13 heavy (non-hydrogen) atoms. The molecule has 0 heterocycles. The van der Waals surface area contributed by atoms with Crippen molar-refractivity contribution in [1.82, 2.24) is 0 Å². The summed E-state index contributed by atoms with van der Waals surface area (Å²) in [7, 11) is 0. The SMILES string of the molecule is N#Cc1cc(Br)cc(NC2CC2)c1. The van der Waals surface area contributed by atoms with Gasteiger partial charge in [-0.1, -0.05) is 15.9 Å². The molecule has 0 bridgehead atoms. The van der Waals surface area contributed by atoms with Gasteiger partial charge < -0.3 is 5.32 Å². The van der Waals surface area contributed by atoms with E-state index in [9.17, 15) is 0 Å². The van der Waals surface area contributed by atoms with Crippen LogP contribution in [0.2, 0.25) is 0 Å². The second-order valence-corrected chi connectivity index (χ2v) is 4.17. The van der Waals surface area contributed by atoms with Crippen LogP contribution in [0.3, 0.4) is 0 Å². The highest BCUT2D eigenvalue weighted by molar-refractivity contribution is 9.10. The summed E-state index contributed by atoms with van der Waals surface area (Å²) in [4.78, 5) is 0. The van der Waals surface area contributed by atoms with Crippen LogP contribution >= 0.6 is 15.9 Å². The van der Waals surface area contributed by atoms with Crippen LogP contribution in [0, 0.1) is 11.3 Å². The zero-order valence-corrected chi connectivity index (χ0v) is 8.63. The fourth-order valence-electron chi connectivity index (χ4n) is 1.20. The van der Waals surface area contributed by atoms with Gasteiger partial charge in [0.05, 0.1) is 11.6 Å². The molecule has 66 valence electrons. The third kappa shape index (κ3) is 2.22. The molecule has 1 fully saturated rings. The molecule has 2 rings (SSSR count). The number of halogens is 1. The molecule has 1 aliphatic carbocycles. The average molecular weight is 237 g/mol. The molecule has 0 atom stereocenters. The van der Waals surface area contributed by atoms with Gasteiger partial charge in [0.25, 0.3) is 0 Å². The molecule has 0 unspecified atom stereocenters. The first kappa shape index (κ1) is 8.58. The zero-order chi connectivity index (χ0) is 9.26. The normalized spacial score (nSPS) is 15.1. The predicted molar refractivity (Wildman–Crippen MR) is 55.5 cm³/mol. The molecular formula is C10H9BrN2. The summed E-state index contributed by atoms with van der Waals surface area (Å²) in [5.41, 5.74) is 1.73. The van der Waals surface area contributed by atoms with Crippen molar-refractivity contribution in [1.29, 1.82) is 5.26 Å². The van der Waals surface area contributed by atoms with Crippen LogP contribution in [0.15, 0.2) is 22.7 Å². The van der Waals surface area contributed by atoms with Gasteiger partial charge in [0, 0.05) is 16.2 Å². The van der Waals surface area contributed by atoms with Crippen molar-refractivity contribution in [3.05, 3.63) is 28.2 Å². The van der Waals surface area contributed by atoms with Crippen molar-refractivity contribution in [3.8, 4) is 6.07 Å². The summed E-state index contributed by atoms with van der Waals surface area (Å²) in [6.45, 7) is 0. The highest BCUT2D eigenvalue weighted by Gasteiger charge is 2.20. The number of hydrogen-bond acceptors (Lipinski definition) is 2. The summed E-state index contributed by atoms with van der Waals surface area (Å²) < 4.78 is 0.953. The van der Waals surface area contributed by atoms with E-state index in [4.69, 9.17) is 5.26 Å². The van der Waals surface area contributed by atoms with E-state index >= 15 is 0 Å². The molecule has 2 nitrogen and oxygen atoms in total. The number of benzene rings is 1. The average Bonchev–Trinajstić information content (AvgIpc) is 2.87. The third-order valence-corrected chi connectivity index (χ3v) is 2.43. The summed E-state index contributed by atoms with van der Waals surface area (Å²) in [5, 5.41) is 12.1. The first-order valence-corrected chi connectivity index (χ1v) is 5.04. The lowest BCUT2D eigenvalue weighted by Crippen LogP contribution is -2.00. The number of hydrogen-bond donors (Lipinski definition) is 1. The zero-order valence-electron chi connectivity index (χ0n) is 7.05. The van der Waals surface area contributed by atoms with Gasteiger partial charge in [-0.15, -0.1) is 0 Å². The Morgan fingerprint density at radius 3 is 2.77 bits per heavy atom. The molecule has 1 aromatic carbocycles. The Morgan fingerprint density at radius 1 is 1.38 bits per heavy atom. The lowest BCUT2D eigenvalue weighted by atomic mass is 10.2. The van der Waals surface area contributed by atoms with Gasteiger partial charge in [-0.25, -0.2) is 0 Å². The smallest absolute Gasteiger partial charge is 0.0992 e. The molecule has 3 heteroatoms. The van der Waals surface area contributed by atoms with Crippen LogP contribution in [0.5, 0.6) is 0 Å². The molecule has 0 spiro atoms. The topological polar surface area (TPSA) is 35.8 Å². The van der Waals surface area contributed by atoms with Crippen molar-refractivity contribution in [2.75, 3.05) is 5.32 Å². The fraction of sp³-hybridized carbons (Fsp3) is 0.300. The molecule has 1 N–H and O–H groups in total. The maximum absolute atomic E-state index is 8.74. The Morgan fingerprint density at radius 2 is 2.15 bits per heavy atom. The van der Waals surface area contributed by atoms with E-state index < -0.39 is 0 Å². The first-order chi connectivity index (χ1) is 6.28. The second kappa shape index (κ2) is 3.39. The summed E-state index contributed by atoms with van der Waals surface area (Å²) >= 11 is 3.37. The van der Waals surface area contributed by atoms with Crippen LogP contribution in [0.4, 0.5) is 5.69 Å². The Hall–Kier alpha value is -1.01. The molecular weight excluding hydrogens is 228 g/mol. The van der Waals surface area contributed by atoms with E-state index in [2.05, 4.69) is 27.3 Å². The van der Waals surface area contributed by atoms with E-state index in [1.54, 1.807) is 0 Å². The highest BCUT2D eigenvalue weighted by atomic mass is 79.9. The quantitative estimate of drug-likeness (QED) is 0.858. The minimum absolute atomic E-state index is 0.626. The number of nitrogens with zero attached hydrogens (tertiary/aromatic N) is 1. The van der Waals surface area contributed by atoms with Gasteiger partial charge in [0.2, 0.25) is 0 Å². The maximum atomic E-state index is 8.74. The predicted octanol–water partition coefficient (Wildman–Crippen LogP) is 2.90. The van der Waals surface area contributed by atoms with E-state index in [-0.39, 0.29) is 0 Å². The number of nitriles is 1. The molecule has 1 aliphatic rings. The Labute approximate surface area is 85.7 Å². The third-order valence-electron chi connectivity index (χ3n) is 1.98. The molecule has 1 aromatic rings. The van der Waals surface area contributed by atoms with Crippen LogP contribution in [-0.2, 0) is 0 Å². The van der Waals surface area contributed by atoms with Gasteiger partial charge in [-0.2, -0.15) is 5.26 Å². The standard InChI is InChI=1S/C10H9BrN2/c11-8-3-7(6-12)4-10(5-8)13-9-1-2-9/h3-5,9,13H,1-2H2. The Bertz CT molecular complexity index is 364. The van der Waals surface area contributed by atoms with Crippen molar-refractivity contribution < 1.29 is 0 Å². The van der Waals surface area contributed by atoms with Gasteiger partial charge in [-0.05, 0) is 31.0 Å². The fourth-order valence-corrected chi connectivity index (χ4v) is 1.69. The summed E-state index contributed by atoms with van der Waals surface area (Å²) in [6, 6.07) is 8.45. The van der Waals surface area contributed by atoms with E-state index in [1.165, 1.54) is 12.8 Å². The maximum Gasteiger partial charge on any atom is 0.0992 e. The van der Waals surface area contributed by atoms with E-state index in [0.29, 0.717) is 11.6 Å². The van der Waals surface area contributed by atoms with Crippen LogP contribution in [-0.4, -0.2) is 6.04 Å². The highest BCUT2D eigenvalue weighted by Crippen LogP contribution is 2.27. The number of rotatable bonds is 2. The van der Waals surface area contributed by atoms with E-state index in [0.717, 1.165) is 10.2 Å². The van der Waals surface area contributed by atoms with Crippen molar-refractivity contribution >= 4 is 21.6 Å². The summed E-state index contributed by atoms with van der Waals surface area (Å²) in [5.74, 6) is 0.